The number of nitrogens with zero attached hydrogens (tertiary/aromatic N) is 1. The summed E-state index contributed by atoms with van der Waals surface area (Å²) >= 11 is 0. The molecule has 2 aliphatic carbocycles. The first-order valence-electron chi connectivity index (χ1n) is 10.6. The average Bonchev–Trinajstić information content (AvgIpc) is 3.27. The summed E-state index contributed by atoms with van der Waals surface area (Å²) in [6.45, 7) is 7.77. The van der Waals surface area contributed by atoms with Crippen LogP contribution in [0.5, 0.6) is 0 Å². The first-order chi connectivity index (χ1) is 12.0. The van der Waals surface area contributed by atoms with Gasteiger partial charge in [-0.3, -0.25) is 9.69 Å². The van der Waals surface area contributed by atoms with Crippen LogP contribution in [0.4, 0.5) is 0 Å². The van der Waals surface area contributed by atoms with Gasteiger partial charge in [0.25, 0.3) is 0 Å². The number of likely N-dealkylation sites (tertiary alicyclic amines) is 1. The average molecular weight is 347 g/mol. The van der Waals surface area contributed by atoms with E-state index in [0.717, 1.165) is 32.5 Å². The highest BCUT2D eigenvalue weighted by Crippen LogP contribution is 2.62. The zero-order valence-corrected chi connectivity index (χ0v) is 15.8. The Labute approximate surface area is 151 Å². The Bertz CT molecular complexity index is 559. The number of epoxide rings is 1. The number of hydrogen-bond acceptors (Lipinski definition) is 4. The van der Waals surface area contributed by atoms with E-state index < -0.39 is 0 Å². The standard InChI is InChI=1S/C21H33NO3/c1-14-6-3-4-9-22(14)12-16-15-10-18-20(2,11-17(15)25-19(16)23)7-5-8-21(18)13-24-21/h14-18H,3-13H2,1-2H3/t14-,15-,16-,17-,18-,20-,21+/m1/s1. The maximum Gasteiger partial charge on any atom is 0.310 e. The molecule has 3 heterocycles. The van der Waals surface area contributed by atoms with Gasteiger partial charge in [-0.25, -0.2) is 0 Å². The number of ether oxygens (including phenoxy) is 2. The molecule has 0 radical (unpaired) electrons. The molecule has 3 saturated heterocycles. The fourth-order valence-electron chi connectivity index (χ4n) is 6.85. The second-order valence-electron chi connectivity index (χ2n) is 9.94. The van der Waals surface area contributed by atoms with Crippen LogP contribution in [-0.2, 0) is 14.3 Å². The van der Waals surface area contributed by atoms with Gasteiger partial charge in [0.05, 0.1) is 18.1 Å². The fraction of sp³-hybridized carbons (Fsp3) is 0.952. The van der Waals surface area contributed by atoms with Crippen LogP contribution >= 0.6 is 0 Å². The van der Waals surface area contributed by atoms with Crippen molar-refractivity contribution in [3.05, 3.63) is 0 Å². The van der Waals surface area contributed by atoms with E-state index in [4.69, 9.17) is 9.47 Å². The predicted molar refractivity (Wildman–Crippen MR) is 95.1 cm³/mol. The molecule has 4 heteroatoms. The van der Waals surface area contributed by atoms with Crippen molar-refractivity contribution < 1.29 is 14.3 Å². The summed E-state index contributed by atoms with van der Waals surface area (Å²) in [4.78, 5) is 15.3. The lowest BCUT2D eigenvalue weighted by molar-refractivity contribution is -0.147. The second kappa shape index (κ2) is 5.69. The molecule has 5 rings (SSSR count). The molecule has 5 aliphatic rings. The molecule has 140 valence electrons. The van der Waals surface area contributed by atoms with Crippen LogP contribution < -0.4 is 0 Å². The lowest BCUT2D eigenvalue weighted by Gasteiger charge is -2.51. The Morgan fingerprint density at radius 2 is 2.08 bits per heavy atom. The minimum atomic E-state index is 0.0841. The van der Waals surface area contributed by atoms with Gasteiger partial charge in [-0.05, 0) is 69.7 Å². The zero-order chi connectivity index (χ0) is 17.2. The highest BCUT2D eigenvalue weighted by atomic mass is 16.6. The van der Waals surface area contributed by atoms with Crippen molar-refractivity contribution in [2.24, 2.45) is 23.2 Å². The van der Waals surface area contributed by atoms with Crippen LogP contribution in [-0.4, -0.2) is 48.3 Å². The first-order valence-corrected chi connectivity index (χ1v) is 10.6. The lowest BCUT2D eigenvalue weighted by atomic mass is 9.53. The van der Waals surface area contributed by atoms with E-state index >= 15 is 0 Å². The maximum absolute atomic E-state index is 12.7. The zero-order valence-electron chi connectivity index (χ0n) is 15.8. The fourth-order valence-corrected chi connectivity index (χ4v) is 6.85. The topological polar surface area (TPSA) is 42.1 Å². The summed E-state index contributed by atoms with van der Waals surface area (Å²) in [7, 11) is 0. The Kier molecular flexibility index (Phi) is 3.77. The minimum absolute atomic E-state index is 0.0841. The molecule has 1 spiro atoms. The van der Waals surface area contributed by atoms with Crippen molar-refractivity contribution in [2.75, 3.05) is 19.7 Å². The van der Waals surface area contributed by atoms with Gasteiger partial charge in [0.2, 0.25) is 0 Å². The summed E-state index contributed by atoms with van der Waals surface area (Å²) < 4.78 is 12.0. The molecule has 0 aromatic heterocycles. The molecule has 7 atom stereocenters. The van der Waals surface area contributed by atoms with Gasteiger partial charge in [-0.15, -0.1) is 0 Å². The van der Waals surface area contributed by atoms with E-state index in [2.05, 4.69) is 18.7 Å². The number of piperidine rings is 1. The first kappa shape index (κ1) is 16.6. The van der Waals surface area contributed by atoms with E-state index in [1.54, 1.807) is 0 Å². The molecule has 5 fully saturated rings. The van der Waals surface area contributed by atoms with Gasteiger partial charge < -0.3 is 9.47 Å². The highest BCUT2D eigenvalue weighted by Gasteiger charge is 2.65. The van der Waals surface area contributed by atoms with Crippen molar-refractivity contribution >= 4 is 5.97 Å². The summed E-state index contributed by atoms with van der Waals surface area (Å²) in [5.74, 6) is 1.22. The molecular weight excluding hydrogens is 314 g/mol. The monoisotopic (exact) mass is 347 g/mol. The van der Waals surface area contributed by atoms with Crippen LogP contribution in [0.2, 0.25) is 0 Å². The number of esters is 1. The smallest absolute Gasteiger partial charge is 0.310 e. The van der Waals surface area contributed by atoms with E-state index in [1.807, 2.05) is 0 Å². The minimum Gasteiger partial charge on any atom is -0.462 e. The Hall–Kier alpha value is -0.610. The third-order valence-corrected chi connectivity index (χ3v) is 8.45. The van der Waals surface area contributed by atoms with Gasteiger partial charge >= 0.3 is 5.97 Å². The van der Waals surface area contributed by atoms with Crippen LogP contribution in [0.1, 0.15) is 65.2 Å². The van der Waals surface area contributed by atoms with Gasteiger partial charge in [0.15, 0.2) is 0 Å². The van der Waals surface area contributed by atoms with Crippen molar-refractivity contribution in [1.82, 2.24) is 4.90 Å². The molecule has 0 aromatic carbocycles. The van der Waals surface area contributed by atoms with E-state index in [0.29, 0.717) is 23.3 Å². The van der Waals surface area contributed by atoms with Crippen LogP contribution in [0.15, 0.2) is 0 Å². The third kappa shape index (κ3) is 2.58. The van der Waals surface area contributed by atoms with Crippen LogP contribution in [0.3, 0.4) is 0 Å². The molecule has 3 aliphatic heterocycles. The van der Waals surface area contributed by atoms with Gasteiger partial charge in [-0.2, -0.15) is 0 Å². The molecular formula is C21H33NO3. The van der Waals surface area contributed by atoms with Crippen LogP contribution in [0.25, 0.3) is 0 Å². The molecule has 0 unspecified atom stereocenters. The molecule has 0 amide bonds. The van der Waals surface area contributed by atoms with Crippen molar-refractivity contribution in [3.63, 3.8) is 0 Å². The maximum atomic E-state index is 12.7. The number of carbonyl (C=O) groups is 1. The molecule has 0 bridgehead atoms. The highest BCUT2D eigenvalue weighted by molar-refractivity contribution is 5.75. The SMILES string of the molecule is C[C@@H]1CCCCN1C[C@H]1C(=O)O[C@@H]2C[C@@]3(C)CCC[C@]4(CO4)[C@@H]3C[C@@H]21. The summed E-state index contributed by atoms with van der Waals surface area (Å²) in [5, 5.41) is 0. The van der Waals surface area contributed by atoms with Crippen molar-refractivity contribution in [3.8, 4) is 0 Å². The van der Waals surface area contributed by atoms with E-state index in [-0.39, 0.29) is 23.6 Å². The van der Waals surface area contributed by atoms with Crippen molar-refractivity contribution in [2.45, 2.75) is 83.0 Å². The number of carbonyl (C=O) groups excluding carboxylic acids is 1. The quantitative estimate of drug-likeness (QED) is 0.567. The van der Waals surface area contributed by atoms with Crippen molar-refractivity contribution in [1.29, 1.82) is 0 Å². The number of hydrogen-bond donors (Lipinski definition) is 0. The second-order valence-corrected chi connectivity index (χ2v) is 9.94. The lowest BCUT2D eigenvalue weighted by Crippen LogP contribution is -2.51. The molecule has 0 aromatic rings. The van der Waals surface area contributed by atoms with Gasteiger partial charge in [0, 0.05) is 18.5 Å². The number of rotatable bonds is 2. The summed E-state index contributed by atoms with van der Waals surface area (Å²) in [5.41, 5.74) is 0.468. The summed E-state index contributed by atoms with van der Waals surface area (Å²) in [6, 6.07) is 0.613. The summed E-state index contributed by atoms with van der Waals surface area (Å²) in [6.07, 6.45) is 10.0. The van der Waals surface area contributed by atoms with E-state index in [1.165, 1.54) is 38.5 Å². The Morgan fingerprint density at radius 1 is 1.24 bits per heavy atom. The predicted octanol–water partition coefficient (Wildman–Crippen LogP) is 3.39. The van der Waals surface area contributed by atoms with Crippen LogP contribution in [0, 0.1) is 23.2 Å². The van der Waals surface area contributed by atoms with Gasteiger partial charge in [0.1, 0.15) is 6.10 Å². The van der Waals surface area contributed by atoms with E-state index in [9.17, 15) is 4.79 Å². The molecule has 2 saturated carbocycles. The Balaban J connectivity index is 1.36. The largest absolute Gasteiger partial charge is 0.462 e. The normalized spacial score (nSPS) is 52.6. The Morgan fingerprint density at radius 3 is 2.84 bits per heavy atom. The third-order valence-electron chi connectivity index (χ3n) is 8.45. The van der Waals surface area contributed by atoms with Gasteiger partial charge in [-0.1, -0.05) is 13.3 Å². The molecule has 0 N–H and O–H groups in total. The number of fused-ring (bicyclic) bond motifs is 3. The molecule has 25 heavy (non-hydrogen) atoms. The molecule has 4 nitrogen and oxygen atoms in total.